The van der Waals surface area contributed by atoms with Crippen molar-refractivity contribution in [2.75, 3.05) is 31.6 Å². The number of hydrogen-bond acceptors (Lipinski definition) is 5. The lowest BCUT2D eigenvalue weighted by atomic mass is 10.1. The summed E-state index contributed by atoms with van der Waals surface area (Å²) in [6.07, 6.45) is 0. The van der Waals surface area contributed by atoms with Crippen LogP contribution < -0.4 is 4.90 Å². The van der Waals surface area contributed by atoms with Gasteiger partial charge in [0.1, 0.15) is 5.84 Å². The first-order chi connectivity index (χ1) is 8.15. The highest BCUT2D eigenvalue weighted by Crippen LogP contribution is 2.36. The maximum absolute atomic E-state index is 10.7. The molecule has 0 aliphatic carbocycles. The van der Waals surface area contributed by atoms with Crippen LogP contribution in [-0.2, 0) is 0 Å². The van der Waals surface area contributed by atoms with Crippen molar-refractivity contribution in [3.05, 3.63) is 28.3 Å². The first-order valence-corrected chi connectivity index (χ1v) is 5.47. The van der Waals surface area contributed by atoms with E-state index in [1.165, 1.54) is 6.07 Å². The molecule has 0 atom stereocenters. The predicted molar refractivity (Wildman–Crippen MR) is 65.0 cm³/mol. The molecular formula is C11H12N4O2. The standard InChI is InChI=1S/C11H12N4O2/c1-13-4-5-14-7-11(13)12-9-6-8(15(16)17)2-3-10(9)14/h2-3,6H,4-5,7H2,1H3. The summed E-state index contributed by atoms with van der Waals surface area (Å²) in [4.78, 5) is 19.1. The molecule has 1 saturated heterocycles. The molecule has 0 aromatic heterocycles. The molecule has 6 heteroatoms. The fraction of sp³-hybridized carbons (Fsp3) is 0.364. The number of likely N-dealkylation sites (N-methyl/N-ethyl adjacent to an activating group) is 1. The van der Waals surface area contributed by atoms with Gasteiger partial charge in [0.2, 0.25) is 0 Å². The number of anilines is 1. The lowest BCUT2D eigenvalue weighted by molar-refractivity contribution is -0.384. The second kappa shape index (κ2) is 3.44. The molecule has 2 aliphatic rings. The van der Waals surface area contributed by atoms with Gasteiger partial charge in [0.05, 0.1) is 22.8 Å². The van der Waals surface area contributed by atoms with Crippen molar-refractivity contribution in [1.82, 2.24) is 4.90 Å². The van der Waals surface area contributed by atoms with Crippen LogP contribution in [0.2, 0.25) is 0 Å². The van der Waals surface area contributed by atoms with E-state index in [2.05, 4.69) is 14.8 Å². The van der Waals surface area contributed by atoms with Gasteiger partial charge in [-0.05, 0) is 6.07 Å². The van der Waals surface area contributed by atoms with Gasteiger partial charge in [-0.1, -0.05) is 0 Å². The summed E-state index contributed by atoms with van der Waals surface area (Å²) in [5, 5.41) is 10.7. The van der Waals surface area contributed by atoms with Crippen LogP contribution in [0.4, 0.5) is 17.1 Å². The minimum Gasteiger partial charge on any atom is -0.361 e. The van der Waals surface area contributed by atoms with Crippen LogP contribution in [0.1, 0.15) is 0 Å². The van der Waals surface area contributed by atoms with Crippen molar-refractivity contribution in [2.24, 2.45) is 4.99 Å². The molecule has 0 saturated carbocycles. The Bertz CT molecular complexity index is 526. The number of nitro groups is 1. The molecule has 0 amide bonds. The van der Waals surface area contributed by atoms with Crippen molar-refractivity contribution in [2.45, 2.75) is 0 Å². The Morgan fingerprint density at radius 1 is 1.41 bits per heavy atom. The molecule has 1 aromatic rings. The van der Waals surface area contributed by atoms with Crippen LogP contribution in [0.5, 0.6) is 0 Å². The maximum atomic E-state index is 10.7. The third-order valence-corrected chi connectivity index (χ3v) is 3.24. The summed E-state index contributed by atoms with van der Waals surface area (Å²) in [5.41, 5.74) is 1.79. The van der Waals surface area contributed by atoms with Crippen LogP contribution in [-0.4, -0.2) is 42.3 Å². The Kier molecular flexibility index (Phi) is 2.04. The van der Waals surface area contributed by atoms with Crippen LogP contribution >= 0.6 is 0 Å². The van der Waals surface area contributed by atoms with Crippen LogP contribution in [0.3, 0.4) is 0 Å². The predicted octanol–water partition coefficient (Wildman–Crippen LogP) is 1.39. The number of non-ortho nitro benzene ring substituents is 1. The molecule has 1 fully saturated rings. The van der Waals surface area contributed by atoms with Gasteiger partial charge in [-0.2, -0.15) is 0 Å². The lowest BCUT2D eigenvalue weighted by Gasteiger charge is -2.39. The molecule has 0 N–H and O–H groups in total. The van der Waals surface area contributed by atoms with Gasteiger partial charge in [0.25, 0.3) is 5.69 Å². The van der Waals surface area contributed by atoms with E-state index >= 15 is 0 Å². The molecule has 2 bridgehead atoms. The number of piperazine rings is 1. The molecule has 0 radical (unpaired) electrons. The fourth-order valence-corrected chi connectivity index (χ4v) is 2.22. The quantitative estimate of drug-likeness (QED) is 0.542. The van der Waals surface area contributed by atoms with E-state index in [4.69, 9.17) is 0 Å². The second-order valence-electron chi connectivity index (χ2n) is 4.30. The van der Waals surface area contributed by atoms with Crippen molar-refractivity contribution < 1.29 is 4.92 Å². The molecule has 17 heavy (non-hydrogen) atoms. The van der Waals surface area contributed by atoms with E-state index in [1.807, 2.05) is 7.05 Å². The molecular weight excluding hydrogens is 220 g/mol. The highest BCUT2D eigenvalue weighted by molar-refractivity contribution is 5.95. The van der Waals surface area contributed by atoms with E-state index in [9.17, 15) is 10.1 Å². The normalized spacial score (nSPS) is 17.6. The topological polar surface area (TPSA) is 62.0 Å². The number of nitro benzene ring substituents is 1. The van der Waals surface area contributed by atoms with Gasteiger partial charge in [0.15, 0.2) is 0 Å². The number of aliphatic imine (C=N–C) groups is 1. The van der Waals surface area contributed by atoms with Gasteiger partial charge in [-0.15, -0.1) is 0 Å². The van der Waals surface area contributed by atoms with Crippen LogP contribution in [0.25, 0.3) is 0 Å². The van der Waals surface area contributed by atoms with Gasteiger partial charge < -0.3 is 9.80 Å². The Balaban J connectivity index is 2.11. The number of fused-ring (bicyclic) bond motifs is 4. The van der Waals surface area contributed by atoms with Crippen molar-refractivity contribution in [3.63, 3.8) is 0 Å². The van der Waals surface area contributed by atoms with Gasteiger partial charge in [0, 0.05) is 32.3 Å². The highest BCUT2D eigenvalue weighted by atomic mass is 16.6. The Morgan fingerprint density at radius 2 is 2.24 bits per heavy atom. The lowest BCUT2D eigenvalue weighted by Crippen LogP contribution is -2.50. The Labute approximate surface area is 98.3 Å². The SMILES string of the molecule is CN1CCN2CC1=Nc1cc([N+](=O)[O-])ccc12. The number of nitrogens with zero attached hydrogens (tertiary/aromatic N) is 4. The summed E-state index contributed by atoms with van der Waals surface area (Å²) in [6.45, 7) is 2.66. The van der Waals surface area contributed by atoms with Crippen LogP contribution in [0, 0.1) is 10.1 Å². The minimum absolute atomic E-state index is 0.0944. The molecule has 0 spiro atoms. The molecule has 1 aromatic carbocycles. The van der Waals surface area contributed by atoms with Crippen molar-refractivity contribution >= 4 is 22.9 Å². The van der Waals surface area contributed by atoms with E-state index < -0.39 is 0 Å². The van der Waals surface area contributed by atoms with Crippen molar-refractivity contribution in [1.29, 1.82) is 0 Å². The smallest absolute Gasteiger partial charge is 0.271 e. The van der Waals surface area contributed by atoms with Gasteiger partial charge >= 0.3 is 0 Å². The fourth-order valence-electron chi connectivity index (χ4n) is 2.22. The van der Waals surface area contributed by atoms with Crippen molar-refractivity contribution in [3.8, 4) is 0 Å². The number of benzene rings is 1. The molecule has 2 aliphatic heterocycles. The highest BCUT2D eigenvalue weighted by Gasteiger charge is 2.27. The van der Waals surface area contributed by atoms with Crippen LogP contribution in [0.15, 0.2) is 23.2 Å². The summed E-state index contributed by atoms with van der Waals surface area (Å²) >= 11 is 0. The minimum atomic E-state index is -0.385. The van der Waals surface area contributed by atoms with Gasteiger partial charge in [-0.3, -0.25) is 10.1 Å². The number of hydrogen-bond donors (Lipinski definition) is 0. The summed E-state index contributed by atoms with van der Waals surface area (Å²) in [7, 11) is 2.00. The third kappa shape index (κ3) is 1.52. The molecule has 88 valence electrons. The first kappa shape index (κ1) is 10.1. The maximum Gasteiger partial charge on any atom is 0.271 e. The molecule has 3 rings (SSSR count). The third-order valence-electron chi connectivity index (χ3n) is 3.24. The average molecular weight is 232 g/mol. The van der Waals surface area contributed by atoms with Gasteiger partial charge in [-0.25, -0.2) is 4.99 Å². The molecule has 2 heterocycles. The monoisotopic (exact) mass is 232 g/mol. The summed E-state index contributed by atoms with van der Waals surface area (Å²) in [5.74, 6) is 0.976. The zero-order chi connectivity index (χ0) is 12.0. The summed E-state index contributed by atoms with van der Waals surface area (Å²) < 4.78 is 0. The van der Waals surface area contributed by atoms with E-state index in [0.717, 1.165) is 31.2 Å². The second-order valence-corrected chi connectivity index (χ2v) is 4.30. The van der Waals surface area contributed by atoms with E-state index in [1.54, 1.807) is 12.1 Å². The molecule has 6 nitrogen and oxygen atoms in total. The first-order valence-electron chi connectivity index (χ1n) is 5.47. The Hall–Kier alpha value is -2.11. The zero-order valence-electron chi connectivity index (χ0n) is 9.46. The molecule has 0 unspecified atom stereocenters. The van der Waals surface area contributed by atoms with E-state index in [0.29, 0.717) is 5.69 Å². The number of amidine groups is 1. The summed E-state index contributed by atoms with van der Waals surface area (Å²) in [6, 6.07) is 4.87. The number of rotatable bonds is 1. The largest absolute Gasteiger partial charge is 0.361 e. The zero-order valence-corrected chi connectivity index (χ0v) is 9.46. The average Bonchev–Trinajstić information content (AvgIpc) is 2.33. The Morgan fingerprint density at radius 3 is 3.00 bits per heavy atom. The van der Waals surface area contributed by atoms with E-state index in [-0.39, 0.29) is 10.6 Å².